The van der Waals surface area contributed by atoms with Crippen LogP contribution in [0.3, 0.4) is 0 Å². The van der Waals surface area contributed by atoms with Crippen LogP contribution in [0.15, 0.2) is 24.7 Å². The molecular formula is C20H23N7O. The maximum absolute atomic E-state index is 6.03. The van der Waals surface area contributed by atoms with E-state index in [-0.39, 0.29) is 0 Å². The molecule has 0 amide bonds. The van der Waals surface area contributed by atoms with Gasteiger partial charge in [0.1, 0.15) is 18.0 Å². The minimum Gasteiger partial charge on any atom is -0.437 e. The summed E-state index contributed by atoms with van der Waals surface area (Å²) < 4.78 is 8.10. The van der Waals surface area contributed by atoms with E-state index in [1.165, 1.54) is 12.8 Å². The first-order valence-electron chi connectivity index (χ1n) is 9.78. The van der Waals surface area contributed by atoms with Crippen LogP contribution in [-0.2, 0) is 13.0 Å². The van der Waals surface area contributed by atoms with Gasteiger partial charge in [-0.05, 0) is 38.8 Å². The molecule has 0 spiro atoms. The molecule has 1 saturated carbocycles. The van der Waals surface area contributed by atoms with Gasteiger partial charge in [0.15, 0.2) is 11.6 Å². The number of aromatic nitrogens is 6. The Balaban J connectivity index is 1.36. The van der Waals surface area contributed by atoms with Crippen molar-refractivity contribution in [2.45, 2.75) is 45.6 Å². The first-order valence-corrected chi connectivity index (χ1v) is 9.78. The molecule has 0 radical (unpaired) electrons. The van der Waals surface area contributed by atoms with Crippen LogP contribution in [0.5, 0.6) is 11.6 Å². The van der Waals surface area contributed by atoms with Gasteiger partial charge < -0.3 is 9.64 Å². The Kier molecular flexibility index (Phi) is 4.18. The minimum absolute atomic E-state index is 0.567. The van der Waals surface area contributed by atoms with Crippen molar-refractivity contribution in [3.05, 3.63) is 47.6 Å². The van der Waals surface area contributed by atoms with Crippen molar-refractivity contribution < 1.29 is 4.74 Å². The highest BCUT2D eigenvalue weighted by atomic mass is 16.5. The Morgan fingerprint density at radius 2 is 1.96 bits per heavy atom. The molecule has 4 heterocycles. The first kappa shape index (κ1) is 17.1. The molecule has 8 heteroatoms. The molecular weight excluding hydrogens is 354 g/mol. The van der Waals surface area contributed by atoms with Crippen LogP contribution in [0.2, 0.25) is 0 Å². The number of hydrogen-bond donors (Lipinski definition) is 0. The minimum atomic E-state index is 0.567. The Labute approximate surface area is 163 Å². The van der Waals surface area contributed by atoms with Gasteiger partial charge in [-0.2, -0.15) is 5.10 Å². The number of aryl methyl sites for hydroxylation is 1. The second-order valence-corrected chi connectivity index (χ2v) is 7.44. The predicted octanol–water partition coefficient (Wildman–Crippen LogP) is 2.81. The molecule has 1 aliphatic heterocycles. The smallest absolute Gasteiger partial charge is 0.227 e. The highest BCUT2D eigenvalue weighted by Crippen LogP contribution is 2.38. The van der Waals surface area contributed by atoms with Crippen molar-refractivity contribution in [1.82, 2.24) is 29.7 Å². The molecule has 3 aromatic heterocycles. The van der Waals surface area contributed by atoms with Gasteiger partial charge in [-0.3, -0.25) is 4.98 Å². The van der Waals surface area contributed by atoms with E-state index >= 15 is 0 Å². The van der Waals surface area contributed by atoms with Crippen LogP contribution in [0.4, 0.5) is 5.82 Å². The molecule has 0 saturated heterocycles. The number of ether oxygens (including phenoxy) is 1. The van der Waals surface area contributed by atoms with E-state index in [1.54, 1.807) is 12.5 Å². The number of fused-ring (bicyclic) bond motifs is 1. The molecule has 0 aromatic carbocycles. The lowest BCUT2D eigenvalue weighted by atomic mass is 10.2. The monoisotopic (exact) mass is 377 g/mol. The van der Waals surface area contributed by atoms with Gasteiger partial charge in [0.2, 0.25) is 5.88 Å². The number of hydrogen-bond acceptors (Lipinski definition) is 7. The van der Waals surface area contributed by atoms with Gasteiger partial charge in [-0.15, -0.1) is 0 Å². The molecule has 0 N–H and O–H groups in total. The summed E-state index contributed by atoms with van der Waals surface area (Å²) in [6.45, 7) is 6.43. The van der Waals surface area contributed by atoms with Crippen LogP contribution >= 0.6 is 0 Å². The Morgan fingerprint density at radius 3 is 2.79 bits per heavy atom. The zero-order valence-corrected chi connectivity index (χ0v) is 16.2. The molecule has 0 atom stereocenters. The van der Waals surface area contributed by atoms with E-state index in [4.69, 9.17) is 14.8 Å². The van der Waals surface area contributed by atoms with E-state index in [0.29, 0.717) is 17.5 Å². The van der Waals surface area contributed by atoms with Gasteiger partial charge in [0.05, 0.1) is 17.8 Å². The topological polar surface area (TPSA) is 81.8 Å². The van der Waals surface area contributed by atoms with Gasteiger partial charge in [-0.25, -0.2) is 19.6 Å². The molecule has 1 aliphatic carbocycles. The summed E-state index contributed by atoms with van der Waals surface area (Å²) in [7, 11) is 0. The summed E-state index contributed by atoms with van der Waals surface area (Å²) in [6.07, 6.45) is 6.64. The molecule has 144 valence electrons. The normalized spacial score (nSPS) is 16.6. The molecule has 0 bridgehead atoms. The van der Waals surface area contributed by atoms with Gasteiger partial charge in [0.25, 0.3) is 0 Å². The summed E-state index contributed by atoms with van der Waals surface area (Å²) in [6, 6.07) is 3.76. The summed E-state index contributed by atoms with van der Waals surface area (Å²) >= 11 is 0. The van der Waals surface area contributed by atoms with Crippen LogP contribution in [-0.4, -0.2) is 42.8 Å². The standard InChI is InChI=1S/C20H23N7O/c1-13-19(22-12-23-20(13)28-16-4-3-8-21-14(16)2)26-9-7-17-24-18(15-5-6-15)25-27(17)11-10-26/h3-4,8,12,15H,5-7,9-11H2,1-2H3. The van der Waals surface area contributed by atoms with Crippen LogP contribution in [0.1, 0.15) is 41.7 Å². The molecule has 5 rings (SSSR count). The van der Waals surface area contributed by atoms with Crippen molar-refractivity contribution in [1.29, 1.82) is 0 Å². The lowest BCUT2D eigenvalue weighted by molar-refractivity contribution is 0.451. The number of pyridine rings is 1. The highest BCUT2D eigenvalue weighted by Gasteiger charge is 2.30. The third-order valence-corrected chi connectivity index (χ3v) is 5.37. The summed E-state index contributed by atoms with van der Waals surface area (Å²) in [5.74, 6) is 4.89. The number of rotatable bonds is 4. The van der Waals surface area contributed by atoms with Crippen molar-refractivity contribution >= 4 is 5.82 Å². The lowest BCUT2D eigenvalue weighted by Crippen LogP contribution is -2.28. The summed E-state index contributed by atoms with van der Waals surface area (Å²) in [4.78, 5) is 20.2. The van der Waals surface area contributed by atoms with E-state index in [9.17, 15) is 0 Å². The van der Waals surface area contributed by atoms with Gasteiger partial charge in [0, 0.05) is 31.6 Å². The molecule has 3 aromatic rings. The molecule has 8 nitrogen and oxygen atoms in total. The fraction of sp³-hybridized carbons (Fsp3) is 0.450. The molecule has 28 heavy (non-hydrogen) atoms. The lowest BCUT2D eigenvalue weighted by Gasteiger charge is -2.23. The maximum atomic E-state index is 6.03. The fourth-order valence-electron chi connectivity index (χ4n) is 3.57. The Morgan fingerprint density at radius 1 is 1.07 bits per heavy atom. The van der Waals surface area contributed by atoms with Crippen LogP contribution < -0.4 is 9.64 Å². The Bertz CT molecular complexity index is 986. The van der Waals surface area contributed by atoms with Gasteiger partial charge >= 0.3 is 0 Å². The molecule has 1 fully saturated rings. The third-order valence-electron chi connectivity index (χ3n) is 5.37. The average molecular weight is 377 g/mol. The third kappa shape index (κ3) is 3.19. The SMILES string of the molecule is Cc1ncccc1Oc1ncnc(N2CCc3nc(C4CC4)nn3CC2)c1C. The van der Waals surface area contributed by atoms with E-state index in [1.807, 2.05) is 26.0 Å². The van der Waals surface area contributed by atoms with E-state index < -0.39 is 0 Å². The molecule has 0 unspecified atom stereocenters. The fourth-order valence-corrected chi connectivity index (χ4v) is 3.57. The van der Waals surface area contributed by atoms with Crippen LogP contribution in [0, 0.1) is 13.8 Å². The summed E-state index contributed by atoms with van der Waals surface area (Å²) in [5.41, 5.74) is 1.76. The number of anilines is 1. The van der Waals surface area contributed by atoms with Crippen molar-refractivity contribution in [3.63, 3.8) is 0 Å². The largest absolute Gasteiger partial charge is 0.437 e. The van der Waals surface area contributed by atoms with Crippen LogP contribution in [0.25, 0.3) is 0 Å². The second kappa shape index (κ2) is 6.85. The molecule has 2 aliphatic rings. The zero-order valence-electron chi connectivity index (χ0n) is 16.2. The van der Waals surface area contributed by atoms with Crippen molar-refractivity contribution in [3.8, 4) is 11.6 Å². The first-order chi connectivity index (χ1) is 13.7. The Hall–Kier alpha value is -3.03. The predicted molar refractivity (Wildman–Crippen MR) is 104 cm³/mol. The summed E-state index contributed by atoms with van der Waals surface area (Å²) in [5, 5.41) is 4.72. The average Bonchev–Trinajstić information content (AvgIpc) is 3.50. The van der Waals surface area contributed by atoms with E-state index in [0.717, 1.165) is 54.8 Å². The van der Waals surface area contributed by atoms with Crippen molar-refractivity contribution in [2.24, 2.45) is 0 Å². The highest BCUT2D eigenvalue weighted by molar-refractivity contribution is 5.51. The zero-order chi connectivity index (χ0) is 19.1. The van der Waals surface area contributed by atoms with Gasteiger partial charge in [-0.1, -0.05) is 0 Å². The second-order valence-electron chi connectivity index (χ2n) is 7.44. The van der Waals surface area contributed by atoms with E-state index in [2.05, 4.69) is 24.5 Å². The van der Waals surface area contributed by atoms with Crippen molar-refractivity contribution in [2.75, 3.05) is 18.0 Å². The maximum Gasteiger partial charge on any atom is 0.227 e. The number of nitrogens with zero attached hydrogens (tertiary/aromatic N) is 7. The quantitative estimate of drug-likeness (QED) is 0.691.